The van der Waals surface area contributed by atoms with Crippen LogP contribution in [0, 0.1) is 0 Å². The van der Waals surface area contributed by atoms with Gasteiger partial charge in [0.05, 0.1) is 0 Å². The Bertz CT molecular complexity index is 85.0. The van der Waals surface area contributed by atoms with Gasteiger partial charge in [0.15, 0.2) is 0 Å². The number of rotatable bonds is 2. The van der Waals surface area contributed by atoms with Crippen molar-refractivity contribution in [3.8, 4) is 0 Å². The fourth-order valence-corrected chi connectivity index (χ4v) is 1.28. The van der Waals surface area contributed by atoms with Crippen LogP contribution >= 0.6 is 12.2 Å². The summed E-state index contributed by atoms with van der Waals surface area (Å²) in [4.78, 5) is 2.09. The maximum Gasteiger partial charge on any atom is 1.00 e. The molecule has 0 radical (unpaired) electrons. The minimum Gasteiger partial charge on any atom is 1.00 e. The van der Waals surface area contributed by atoms with Crippen LogP contribution in [0.15, 0.2) is 0 Å². The quantitative estimate of drug-likeness (QED) is 0.382. The molecule has 4 heteroatoms. The van der Waals surface area contributed by atoms with Crippen LogP contribution in [0.1, 0.15) is 13.8 Å². The maximum atomic E-state index is 4.89. The van der Waals surface area contributed by atoms with E-state index in [-0.39, 0.29) is 29.6 Å². The van der Waals surface area contributed by atoms with E-state index in [1.54, 1.807) is 0 Å². The minimum atomic E-state index is 0. The van der Waals surface area contributed by atoms with Gasteiger partial charge in [0.1, 0.15) is 0 Å². The number of nitrogens with zero attached hydrogens (tertiary/aromatic N) is 1. The molecule has 0 saturated heterocycles. The average Bonchev–Trinajstić information content (AvgIpc) is 1.69. The van der Waals surface area contributed by atoms with E-state index in [2.05, 4.69) is 34.8 Å². The molecule has 48 valence electrons. The Labute approximate surface area is 92.7 Å². The second-order valence-electron chi connectivity index (χ2n) is 1.44. The van der Waals surface area contributed by atoms with Gasteiger partial charge in [0.2, 0.25) is 0 Å². The first-order chi connectivity index (χ1) is 3.72. The van der Waals surface area contributed by atoms with Crippen LogP contribution in [0.25, 0.3) is 0 Å². The molecule has 0 bridgehead atoms. The van der Waals surface area contributed by atoms with Gasteiger partial charge in [-0.2, -0.15) is 0 Å². The van der Waals surface area contributed by atoms with E-state index in [0.717, 1.165) is 17.0 Å². The molecule has 0 fully saturated rings. The fourth-order valence-electron chi connectivity index (χ4n) is 0.482. The molecule has 0 amide bonds. The van der Waals surface area contributed by atoms with E-state index >= 15 is 0 Å². The summed E-state index contributed by atoms with van der Waals surface area (Å²) in [6.45, 7) is 6.19. The monoisotopic (exact) mass is 219 g/mol. The third-order valence-electron chi connectivity index (χ3n) is 1.02. The summed E-state index contributed by atoms with van der Waals surface area (Å²) in [6.07, 6.45) is 0. The van der Waals surface area contributed by atoms with Crippen molar-refractivity contribution >= 4 is 32.1 Å². The minimum absolute atomic E-state index is 0. The third-order valence-corrected chi connectivity index (χ3v) is 1.82. The zero-order valence-corrected chi connectivity index (χ0v) is 10.7. The number of hydrogen-bond acceptors (Lipinski definition) is 1. The van der Waals surface area contributed by atoms with Gasteiger partial charge >= 0.3 is 93.5 Å². The van der Waals surface area contributed by atoms with Gasteiger partial charge in [-0.1, -0.05) is 0 Å². The van der Waals surface area contributed by atoms with E-state index in [1.807, 2.05) is 0 Å². The normalized spacial score (nSPS) is 7.78. The molecule has 0 N–H and O–H groups in total. The smallest absolute Gasteiger partial charge is 1.00 e. The Morgan fingerprint density at radius 3 is 1.78 bits per heavy atom. The summed E-state index contributed by atoms with van der Waals surface area (Å²) in [6, 6.07) is 0. The molecular formula is C5H10NNaSSe. The molecule has 0 aliphatic carbocycles. The molecule has 0 aromatic carbocycles. The van der Waals surface area contributed by atoms with E-state index in [9.17, 15) is 0 Å². The Balaban J connectivity index is 0. The largest absolute Gasteiger partial charge is 1.00 e. The van der Waals surface area contributed by atoms with Crippen molar-refractivity contribution in [2.24, 2.45) is 0 Å². The van der Waals surface area contributed by atoms with Crippen LogP contribution < -0.4 is 29.6 Å². The molecule has 0 aliphatic heterocycles. The summed E-state index contributed by atoms with van der Waals surface area (Å²) in [5.74, 6) is 0. The SMILES string of the molecule is CCN(CC)C(=S)[Se-].[Na+]. The van der Waals surface area contributed by atoms with Crippen molar-refractivity contribution in [3.05, 3.63) is 0 Å². The van der Waals surface area contributed by atoms with Gasteiger partial charge in [-0.25, -0.2) is 0 Å². The van der Waals surface area contributed by atoms with Gasteiger partial charge < -0.3 is 0 Å². The summed E-state index contributed by atoms with van der Waals surface area (Å²) in [5.41, 5.74) is 0. The molecule has 0 aliphatic rings. The van der Waals surface area contributed by atoms with Gasteiger partial charge in [0.25, 0.3) is 0 Å². The zero-order chi connectivity index (χ0) is 6.57. The van der Waals surface area contributed by atoms with Crippen molar-refractivity contribution in [3.63, 3.8) is 0 Å². The van der Waals surface area contributed by atoms with Crippen LogP contribution in [0.3, 0.4) is 0 Å². The second kappa shape index (κ2) is 7.52. The van der Waals surface area contributed by atoms with Gasteiger partial charge in [-0.3, -0.25) is 0 Å². The first kappa shape index (κ1) is 13.0. The summed E-state index contributed by atoms with van der Waals surface area (Å²) >= 11 is 7.68. The van der Waals surface area contributed by atoms with Crippen molar-refractivity contribution in [2.75, 3.05) is 13.1 Å². The Morgan fingerprint density at radius 1 is 1.44 bits per heavy atom. The Morgan fingerprint density at radius 2 is 1.78 bits per heavy atom. The van der Waals surface area contributed by atoms with Crippen LogP contribution in [0.4, 0.5) is 0 Å². The van der Waals surface area contributed by atoms with Gasteiger partial charge in [0, 0.05) is 0 Å². The first-order valence-corrected chi connectivity index (χ1v) is 3.94. The van der Waals surface area contributed by atoms with Crippen LogP contribution in [-0.4, -0.2) is 37.9 Å². The van der Waals surface area contributed by atoms with Crippen LogP contribution in [0.2, 0.25) is 0 Å². The molecule has 0 spiro atoms. The zero-order valence-electron chi connectivity index (χ0n) is 6.18. The topological polar surface area (TPSA) is 3.24 Å². The molecule has 0 aromatic heterocycles. The standard InChI is InChI=1S/C5H11NSSe.Na/c1-3-6(4-2)5(7)8;/h3-4H2,1-2H3,(H,7,8);/q;+1/p-1. The van der Waals surface area contributed by atoms with E-state index < -0.39 is 0 Å². The van der Waals surface area contributed by atoms with Crippen LogP contribution in [0.5, 0.6) is 0 Å². The number of hydrogen-bond donors (Lipinski definition) is 0. The molecule has 0 rings (SSSR count). The molecule has 0 heterocycles. The molecule has 0 aromatic rings. The summed E-state index contributed by atoms with van der Waals surface area (Å²) < 4.78 is 0.870. The predicted octanol–water partition coefficient (Wildman–Crippen LogP) is -2.21. The molecule has 0 atom stereocenters. The molecule has 0 unspecified atom stereocenters. The molecule has 9 heavy (non-hydrogen) atoms. The Hall–Kier alpha value is 1.41. The van der Waals surface area contributed by atoms with Crippen molar-refractivity contribution in [1.82, 2.24) is 4.90 Å². The Kier molecular flexibility index (Phi) is 10.9. The van der Waals surface area contributed by atoms with E-state index in [1.165, 1.54) is 0 Å². The maximum absolute atomic E-state index is 4.89. The summed E-state index contributed by atoms with van der Waals surface area (Å²) in [7, 11) is 0. The second-order valence-corrected chi connectivity index (χ2v) is 3.22. The molecular weight excluding hydrogens is 208 g/mol. The van der Waals surface area contributed by atoms with Crippen molar-refractivity contribution in [1.29, 1.82) is 0 Å². The summed E-state index contributed by atoms with van der Waals surface area (Å²) in [5, 5.41) is 0. The van der Waals surface area contributed by atoms with Crippen LogP contribution in [-0.2, 0) is 0 Å². The fraction of sp³-hybridized carbons (Fsp3) is 0.800. The van der Waals surface area contributed by atoms with E-state index in [0.29, 0.717) is 0 Å². The van der Waals surface area contributed by atoms with Gasteiger partial charge in [-0.05, 0) is 0 Å². The average molecular weight is 218 g/mol. The molecule has 0 saturated carbocycles. The third kappa shape index (κ3) is 5.83. The van der Waals surface area contributed by atoms with E-state index in [4.69, 9.17) is 12.2 Å². The first-order valence-electron chi connectivity index (χ1n) is 2.68. The van der Waals surface area contributed by atoms with Crippen molar-refractivity contribution in [2.45, 2.75) is 13.8 Å². The predicted molar refractivity (Wildman–Crippen MR) is 41.3 cm³/mol. The van der Waals surface area contributed by atoms with Crippen molar-refractivity contribution < 1.29 is 29.6 Å². The number of thiocarbonyl (C=S) groups is 1. The van der Waals surface area contributed by atoms with Gasteiger partial charge in [-0.15, -0.1) is 0 Å². The molecule has 1 nitrogen and oxygen atoms in total.